The van der Waals surface area contributed by atoms with Gasteiger partial charge in [0.1, 0.15) is 5.82 Å². The van der Waals surface area contributed by atoms with Crippen LogP contribution in [-0.4, -0.2) is 37.6 Å². The number of H-pyrrole nitrogens is 1. The molecule has 0 spiro atoms. The summed E-state index contributed by atoms with van der Waals surface area (Å²) in [5, 5.41) is 0. The zero-order valence-electron chi connectivity index (χ0n) is 15.4. The molecule has 0 aliphatic carbocycles. The Labute approximate surface area is 142 Å². The zero-order valence-corrected chi connectivity index (χ0v) is 15.4. The second-order valence-electron chi connectivity index (χ2n) is 6.94. The van der Waals surface area contributed by atoms with E-state index >= 15 is 0 Å². The first-order chi connectivity index (χ1) is 11.3. The lowest BCUT2D eigenvalue weighted by molar-refractivity contribution is 0.294. The van der Waals surface area contributed by atoms with Gasteiger partial charge in [0.15, 0.2) is 11.2 Å². The van der Waals surface area contributed by atoms with Crippen molar-refractivity contribution in [2.24, 2.45) is 13.0 Å². The van der Waals surface area contributed by atoms with Gasteiger partial charge in [0, 0.05) is 13.6 Å². The molecule has 2 aromatic heterocycles. The van der Waals surface area contributed by atoms with Gasteiger partial charge in [-0.3, -0.25) is 19.2 Å². The van der Waals surface area contributed by atoms with Crippen molar-refractivity contribution in [1.29, 1.82) is 0 Å². The Hall–Kier alpha value is -1.89. The summed E-state index contributed by atoms with van der Waals surface area (Å²) < 4.78 is 3.39. The highest BCUT2D eigenvalue weighted by molar-refractivity contribution is 5.70. The van der Waals surface area contributed by atoms with Crippen LogP contribution in [0.2, 0.25) is 0 Å². The highest BCUT2D eigenvalue weighted by Gasteiger charge is 2.17. The molecule has 0 unspecified atom stereocenters. The SMILES string of the molecule is CCCCn1c(=O)[nH]c(=O)c2c1nc(CN(C)CCC(C)C)n2C. The molecule has 2 aromatic rings. The third-order valence-corrected chi connectivity index (χ3v) is 4.34. The van der Waals surface area contributed by atoms with Crippen molar-refractivity contribution in [1.82, 2.24) is 24.0 Å². The van der Waals surface area contributed by atoms with E-state index in [-0.39, 0.29) is 11.2 Å². The fourth-order valence-electron chi connectivity index (χ4n) is 2.76. The number of aromatic amines is 1. The summed E-state index contributed by atoms with van der Waals surface area (Å²) in [5.41, 5.74) is 0.220. The van der Waals surface area contributed by atoms with E-state index in [1.54, 1.807) is 4.57 Å². The van der Waals surface area contributed by atoms with Crippen LogP contribution in [-0.2, 0) is 20.1 Å². The maximum atomic E-state index is 12.2. The lowest BCUT2D eigenvalue weighted by atomic mass is 10.1. The first-order valence-electron chi connectivity index (χ1n) is 8.72. The summed E-state index contributed by atoms with van der Waals surface area (Å²) in [6.07, 6.45) is 2.97. The minimum atomic E-state index is -0.376. The van der Waals surface area contributed by atoms with Gasteiger partial charge < -0.3 is 4.57 Å². The first-order valence-corrected chi connectivity index (χ1v) is 8.72. The molecule has 2 heterocycles. The Balaban J connectivity index is 2.39. The molecule has 0 amide bonds. The standard InChI is InChI=1S/C17H29N5O2/c1-6-7-9-22-15-14(16(23)19-17(22)24)21(5)13(18-15)11-20(4)10-8-12(2)3/h12H,6-11H2,1-5H3,(H,19,23,24). The van der Waals surface area contributed by atoms with Gasteiger partial charge in [0.05, 0.1) is 6.54 Å². The van der Waals surface area contributed by atoms with Crippen LogP contribution in [0.4, 0.5) is 0 Å². The molecule has 24 heavy (non-hydrogen) atoms. The lowest BCUT2D eigenvalue weighted by Crippen LogP contribution is -2.31. The summed E-state index contributed by atoms with van der Waals surface area (Å²) in [6.45, 7) is 8.67. The summed E-state index contributed by atoms with van der Waals surface area (Å²) in [4.78, 5) is 33.6. The van der Waals surface area contributed by atoms with Crippen molar-refractivity contribution in [3.05, 3.63) is 26.7 Å². The number of nitrogens with zero attached hydrogens (tertiary/aromatic N) is 4. The summed E-state index contributed by atoms with van der Waals surface area (Å²) in [7, 11) is 3.89. The van der Waals surface area contributed by atoms with E-state index < -0.39 is 0 Å². The molecular weight excluding hydrogens is 306 g/mol. The Morgan fingerprint density at radius 1 is 1.29 bits per heavy atom. The molecule has 0 fully saturated rings. The number of fused-ring (bicyclic) bond motifs is 1. The number of aryl methyl sites for hydroxylation is 2. The van der Waals surface area contributed by atoms with E-state index in [2.05, 4.69) is 42.7 Å². The third-order valence-electron chi connectivity index (χ3n) is 4.34. The number of hydrogen-bond donors (Lipinski definition) is 1. The van der Waals surface area contributed by atoms with Crippen LogP contribution >= 0.6 is 0 Å². The Kier molecular flexibility index (Phi) is 5.99. The first kappa shape index (κ1) is 18.4. The van der Waals surface area contributed by atoms with Crippen LogP contribution < -0.4 is 11.2 Å². The monoisotopic (exact) mass is 335 g/mol. The van der Waals surface area contributed by atoms with Crippen LogP contribution in [0.1, 0.15) is 45.9 Å². The van der Waals surface area contributed by atoms with Gasteiger partial charge in [-0.05, 0) is 32.4 Å². The molecule has 1 N–H and O–H groups in total. The number of nitrogens with one attached hydrogen (secondary N) is 1. The van der Waals surface area contributed by atoms with Gasteiger partial charge in [-0.25, -0.2) is 9.78 Å². The molecule has 7 nitrogen and oxygen atoms in total. The van der Waals surface area contributed by atoms with Crippen molar-refractivity contribution >= 4 is 11.2 Å². The highest BCUT2D eigenvalue weighted by Crippen LogP contribution is 2.12. The molecule has 0 atom stereocenters. The van der Waals surface area contributed by atoms with Gasteiger partial charge in [-0.1, -0.05) is 27.2 Å². The largest absolute Gasteiger partial charge is 0.330 e. The molecule has 134 valence electrons. The van der Waals surface area contributed by atoms with Crippen LogP contribution in [0.15, 0.2) is 9.59 Å². The summed E-state index contributed by atoms with van der Waals surface area (Å²) >= 11 is 0. The maximum absolute atomic E-state index is 12.2. The lowest BCUT2D eigenvalue weighted by Gasteiger charge is -2.17. The second-order valence-corrected chi connectivity index (χ2v) is 6.94. The molecule has 0 saturated carbocycles. The van der Waals surface area contributed by atoms with E-state index in [4.69, 9.17) is 0 Å². The van der Waals surface area contributed by atoms with Crippen LogP contribution in [0.3, 0.4) is 0 Å². The smallest absolute Gasteiger partial charge is 0.324 e. The number of rotatable bonds is 8. The Morgan fingerprint density at radius 2 is 2.00 bits per heavy atom. The summed E-state index contributed by atoms with van der Waals surface area (Å²) in [5.74, 6) is 1.45. The van der Waals surface area contributed by atoms with Gasteiger partial charge in [0.2, 0.25) is 0 Å². The van der Waals surface area contributed by atoms with Crippen molar-refractivity contribution in [3.8, 4) is 0 Å². The van der Waals surface area contributed by atoms with E-state index in [1.807, 2.05) is 11.6 Å². The fraction of sp³-hybridized carbons (Fsp3) is 0.706. The van der Waals surface area contributed by atoms with E-state index in [9.17, 15) is 9.59 Å². The van der Waals surface area contributed by atoms with E-state index in [0.717, 1.165) is 31.6 Å². The molecule has 7 heteroatoms. The highest BCUT2D eigenvalue weighted by atomic mass is 16.2. The fourth-order valence-corrected chi connectivity index (χ4v) is 2.76. The zero-order chi connectivity index (χ0) is 17.9. The number of hydrogen-bond acceptors (Lipinski definition) is 4. The van der Waals surface area contributed by atoms with Gasteiger partial charge in [-0.15, -0.1) is 0 Å². The molecule has 0 aliphatic rings. The number of aromatic nitrogens is 4. The van der Waals surface area contributed by atoms with Crippen molar-refractivity contribution < 1.29 is 0 Å². The molecule has 2 rings (SSSR count). The maximum Gasteiger partial charge on any atom is 0.330 e. The number of imidazole rings is 1. The molecule has 0 aliphatic heterocycles. The van der Waals surface area contributed by atoms with Gasteiger partial charge in [-0.2, -0.15) is 0 Å². The molecule has 0 radical (unpaired) electrons. The second kappa shape index (κ2) is 7.79. The Morgan fingerprint density at radius 3 is 2.62 bits per heavy atom. The summed E-state index contributed by atoms with van der Waals surface area (Å²) in [6, 6.07) is 0. The van der Waals surface area contributed by atoms with Crippen LogP contribution in [0.5, 0.6) is 0 Å². The average Bonchev–Trinajstić information content (AvgIpc) is 2.82. The van der Waals surface area contributed by atoms with Crippen LogP contribution in [0, 0.1) is 5.92 Å². The van der Waals surface area contributed by atoms with Gasteiger partial charge in [0.25, 0.3) is 5.56 Å². The third kappa shape index (κ3) is 3.95. The molecule has 0 aromatic carbocycles. The van der Waals surface area contributed by atoms with Crippen molar-refractivity contribution in [2.75, 3.05) is 13.6 Å². The molecule has 0 saturated heterocycles. The van der Waals surface area contributed by atoms with Crippen molar-refractivity contribution in [3.63, 3.8) is 0 Å². The predicted molar refractivity (Wildman–Crippen MR) is 96.3 cm³/mol. The topological polar surface area (TPSA) is 75.9 Å². The number of unbranched alkanes of at least 4 members (excludes halogenated alkanes) is 1. The van der Waals surface area contributed by atoms with E-state index in [0.29, 0.717) is 30.2 Å². The normalized spacial score (nSPS) is 12.0. The Bertz CT molecular complexity index is 800. The quantitative estimate of drug-likeness (QED) is 0.797. The van der Waals surface area contributed by atoms with Crippen molar-refractivity contribution in [2.45, 2.75) is 53.1 Å². The molecular formula is C17H29N5O2. The van der Waals surface area contributed by atoms with Gasteiger partial charge >= 0.3 is 5.69 Å². The minimum Gasteiger partial charge on any atom is -0.324 e. The average molecular weight is 335 g/mol. The van der Waals surface area contributed by atoms with Crippen LogP contribution in [0.25, 0.3) is 11.2 Å². The predicted octanol–water partition coefficient (Wildman–Crippen LogP) is 1.70. The minimum absolute atomic E-state index is 0.367. The van der Waals surface area contributed by atoms with E-state index in [1.165, 1.54) is 0 Å². The molecule has 0 bridgehead atoms.